The lowest BCUT2D eigenvalue weighted by Gasteiger charge is -2.14. The van der Waals surface area contributed by atoms with Gasteiger partial charge in [-0.1, -0.05) is 24.3 Å². The Balaban J connectivity index is 1.88. The number of nitrogens with zero attached hydrogens (tertiary/aromatic N) is 2. The summed E-state index contributed by atoms with van der Waals surface area (Å²) in [6.07, 6.45) is 0.935. The fourth-order valence-corrected chi connectivity index (χ4v) is 3.91. The number of aromatic nitrogens is 1. The monoisotopic (exact) mass is 424 g/mol. The molecule has 0 atom stereocenters. The number of hydrogen-bond donors (Lipinski definition) is 2. The Labute approximate surface area is 181 Å². The van der Waals surface area contributed by atoms with E-state index in [-0.39, 0.29) is 12.0 Å². The van der Waals surface area contributed by atoms with E-state index < -0.39 is 0 Å². The molecule has 30 heavy (non-hydrogen) atoms. The highest BCUT2D eigenvalue weighted by atomic mass is 32.1. The van der Waals surface area contributed by atoms with Gasteiger partial charge in [0.05, 0.1) is 16.3 Å². The zero-order valence-corrected chi connectivity index (χ0v) is 19.1. The molecule has 0 aliphatic carbocycles. The van der Waals surface area contributed by atoms with Crippen LogP contribution in [0.25, 0.3) is 10.2 Å². The van der Waals surface area contributed by atoms with Crippen molar-refractivity contribution >= 4 is 44.0 Å². The van der Waals surface area contributed by atoms with Gasteiger partial charge in [-0.2, -0.15) is 5.10 Å². The van der Waals surface area contributed by atoms with Gasteiger partial charge in [-0.15, -0.1) is 0 Å². The molecule has 0 aliphatic heterocycles. The summed E-state index contributed by atoms with van der Waals surface area (Å²) in [6.45, 7) is 11.9. The van der Waals surface area contributed by atoms with Gasteiger partial charge >= 0.3 is 0 Å². The first kappa shape index (κ1) is 21.8. The topological polar surface area (TPSA) is 75.6 Å². The molecule has 0 aliphatic rings. The molecule has 0 fully saturated rings. The van der Waals surface area contributed by atoms with Gasteiger partial charge in [0.25, 0.3) is 5.91 Å². The van der Waals surface area contributed by atoms with Crippen LogP contribution in [0.1, 0.15) is 55.6 Å². The highest BCUT2D eigenvalue weighted by Gasteiger charge is 2.16. The lowest BCUT2D eigenvalue weighted by Crippen LogP contribution is -2.14. The molecule has 0 unspecified atom stereocenters. The minimum atomic E-state index is -0.166. The van der Waals surface area contributed by atoms with Gasteiger partial charge in [-0.05, 0) is 76.4 Å². The second kappa shape index (κ2) is 9.26. The summed E-state index contributed by atoms with van der Waals surface area (Å²) in [7, 11) is 0. The zero-order chi connectivity index (χ0) is 21.8. The van der Waals surface area contributed by atoms with Crippen LogP contribution >= 0.6 is 11.3 Å². The molecule has 0 bridgehead atoms. The lowest BCUT2D eigenvalue weighted by molar-refractivity contribution is 0.102. The van der Waals surface area contributed by atoms with Crippen LogP contribution < -0.4 is 15.5 Å². The Kier molecular flexibility index (Phi) is 6.72. The molecule has 1 amide bonds. The minimum absolute atomic E-state index is 0.0507. The summed E-state index contributed by atoms with van der Waals surface area (Å²) in [5, 5.41) is 8.14. The average molecular weight is 425 g/mol. The lowest BCUT2D eigenvalue weighted by atomic mass is 10.1. The third-order valence-corrected chi connectivity index (χ3v) is 5.77. The highest BCUT2D eigenvalue weighted by Crippen LogP contribution is 2.35. The smallest absolute Gasteiger partial charge is 0.255 e. The van der Waals surface area contributed by atoms with Crippen molar-refractivity contribution in [3.63, 3.8) is 0 Å². The third kappa shape index (κ3) is 4.97. The van der Waals surface area contributed by atoms with E-state index in [9.17, 15) is 4.79 Å². The van der Waals surface area contributed by atoms with Gasteiger partial charge in [-0.3, -0.25) is 10.2 Å². The van der Waals surface area contributed by atoms with Crippen molar-refractivity contribution < 1.29 is 9.53 Å². The van der Waals surface area contributed by atoms with Crippen LogP contribution in [-0.4, -0.2) is 22.7 Å². The number of carbonyl (C=O) groups excluding carboxylic acids is 1. The fourth-order valence-electron chi connectivity index (χ4n) is 3.02. The number of anilines is 2. The van der Waals surface area contributed by atoms with Crippen molar-refractivity contribution in [2.45, 2.75) is 54.1 Å². The second-order valence-electron chi connectivity index (χ2n) is 7.52. The van der Waals surface area contributed by atoms with E-state index >= 15 is 0 Å². The first-order valence-corrected chi connectivity index (χ1v) is 10.9. The van der Waals surface area contributed by atoms with Gasteiger partial charge in [0.2, 0.25) is 5.13 Å². The minimum Gasteiger partial charge on any atom is -0.491 e. The number of rotatable bonds is 7. The van der Waals surface area contributed by atoms with E-state index in [2.05, 4.69) is 27.8 Å². The standard InChI is InChI=1S/C23H28N4O2S/c1-7-15(5)26-27-23-24-19-11-14(4)20(16(6)21(19)30-23)25-22(28)17-9-8-10-18(12-17)29-13(2)3/h8-13H,7H2,1-6H3,(H,24,27)(H,25,28)/b26-15+. The van der Waals surface area contributed by atoms with E-state index in [0.717, 1.165) is 44.3 Å². The van der Waals surface area contributed by atoms with Crippen LogP contribution in [0, 0.1) is 13.8 Å². The molecule has 0 radical (unpaired) electrons. The number of benzene rings is 2. The number of amides is 1. The quantitative estimate of drug-likeness (QED) is 0.352. The van der Waals surface area contributed by atoms with Crippen LogP contribution in [0.3, 0.4) is 0 Å². The molecule has 158 valence electrons. The number of carbonyl (C=O) groups is 1. The van der Waals surface area contributed by atoms with Crippen LogP contribution in [-0.2, 0) is 0 Å². The normalized spacial score (nSPS) is 11.8. The van der Waals surface area contributed by atoms with Gasteiger partial charge in [-0.25, -0.2) is 4.98 Å². The summed E-state index contributed by atoms with van der Waals surface area (Å²) >= 11 is 1.53. The Morgan fingerprint density at radius 2 is 2.03 bits per heavy atom. The summed E-state index contributed by atoms with van der Waals surface area (Å²) in [4.78, 5) is 17.5. The predicted octanol–water partition coefficient (Wildman–Crippen LogP) is 6.15. The van der Waals surface area contributed by atoms with Crippen LogP contribution in [0.4, 0.5) is 10.8 Å². The second-order valence-corrected chi connectivity index (χ2v) is 8.52. The van der Waals surface area contributed by atoms with Crippen molar-refractivity contribution in [2.24, 2.45) is 5.10 Å². The summed E-state index contributed by atoms with van der Waals surface area (Å²) in [5.41, 5.74) is 8.27. The summed E-state index contributed by atoms with van der Waals surface area (Å²) < 4.78 is 6.73. The van der Waals surface area contributed by atoms with Crippen molar-refractivity contribution in [1.82, 2.24) is 4.98 Å². The third-order valence-electron chi connectivity index (χ3n) is 4.68. The Morgan fingerprint density at radius 3 is 2.73 bits per heavy atom. The predicted molar refractivity (Wildman–Crippen MR) is 126 cm³/mol. The Bertz CT molecular complexity index is 1100. The van der Waals surface area contributed by atoms with Crippen molar-refractivity contribution in [1.29, 1.82) is 0 Å². The number of thiazole rings is 1. The Morgan fingerprint density at radius 1 is 1.27 bits per heavy atom. The van der Waals surface area contributed by atoms with Crippen molar-refractivity contribution in [2.75, 3.05) is 10.7 Å². The molecule has 2 aromatic carbocycles. The van der Waals surface area contributed by atoms with Crippen LogP contribution in [0.15, 0.2) is 35.4 Å². The molecule has 7 heteroatoms. The first-order chi connectivity index (χ1) is 14.3. The molecule has 3 rings (SSSR count). The number of hydrogen-bond acceptors (Lipinski definition) is 6. The SMILES string of the molecule is CC/C(C)=N/Nc1nc2cc(C)c(NC(=O)c3cccc(OC(C)C)c3)c(C)c2s1. The van der Waals surface area contributed by atoms with E-state index in [1.54, 1.807) is 12.1 Å². The van der Waals surface area contributed by atoms with Crippen LogP contribution in [0.2, 0.25) is 0 Å². The molecule has 3 aromatic rings. The summed E-state index contributed by atoms with van der Waals surface area (Å²) in [6, 6.07) is 9.23. The van der Waals surface area contributed by atoms with E-state index in [0.29, 0.717) is 11.3 Å². The summed E-state index contributed by atoms with van der Waals surface area (Å²) in [5.74, 6) is 0.517. The molecule has 2 N–H and O–H groups in total. The molecule has 6 nitrogen and oxygen atoms in total. The molecule has 1 aromatic heterocycles. The molecule has 1 heterocycles. The fraction of sp³-hybridized carbons (Fsp3) is 0.348. The Hall–Kier alpha value is -2.93. The van der Waals surface area contributed by atoms with Crippen molar-refractivity contribution in [3.05, 3.63) is 47.0 Å². The largest absolute Gasteiger partial charge is 0.491 e. The highest BCUT2D eigenvalue weighted by molar-refractivity contribution is 7.22. The van der Waals surface area contributed by atoms with E-state index in [1.165, 1.54) is 11.3 Å². The molecule has 0 saturated heterocycles. The molecule has 0 saturated carbocycles. The number of aryl methyl sites for hydroxylation is 2. The van der Waals surface area contributed by atoms with Gasteiger partial charge < -0.3 is 10.1 Å². The zero-order valence-electron chi connectivity index (χ0n) is 18.3. The maximum atomic E-state index is 12.9. The average Bonchev–Trinajstić information content (AvgIpc) is 3.11. The maximum absolute atomic E-state index is 12.9. The molecular formula is C23H28N4O2S. The number of ether oxygens (including phenoxy) is 1. The van der Waals surface area contributed by atoms with E-state index in [1.807, 2.05) is 52.8 Å². The van der Waals surface area contributed by atoms with Gasteiger partial charge in [0.15, 0.2) is 0 Å². The first-order valence-electron chi connectivity index (χ1n) is 10.1. The number of fused-ring (bicyclic) bond motifs is 1. The van der Waals surface area contributed by atoms with Crippen LogP contribution in [0.5, 0.6) is 5.75 Å². The number of nitrogens with one attached hydrogen (secondary N) is 2. The number of hydrazone groups is 1. The molecule has 0 spiro atoms. The molecular weight excluding hydrogens is 396 g/mol. The van der Waals surface area contributed by atoms with Gasteiger partial charge in [0.1, 0.15) is 5.75 Å². The van der Waals surface area contributed by atoms with Gasteiger partial charge in [0, 0.05) is 17.0 Å². The van der Waals surface area contributed by atoms with E-state index in [4.69, 9.17) is 4.74 Å². The maximum Gasteiger partial charge on any atom is 0.255 e. The van der Waals surface area contributed by atoms with Crippen molar-refractivity contribution in [3.8, 4) is 5.75 Å².